The van der Waals surface area contributed by atoms with Crippen molar-refractivity contribution in [1.29, 1.82) is 0 Å². The molecule has 0 aliphatic carbocycles. The van der Waals surface area contributed by atoms with Crippen LogP contribution in [0, 0.1) is 0 Å². The van der Waals surface area contributed by atoms with Gasteiger partial charge in [0.15, 0.2) is 18.0 Å². The summed E-state index contributed by atoms with van der Waals surface area (Å²) in [6, 6.07) is 0. The lowest BCUT2D eigenvalue weighted by Crippen LogP contribution is -2.32. The normalized spacial score (nSPS) is 37.3. The number of esters is 1. The molecule has 3 atom stereocenters. The van der Waals surface area contributed by atoms with Gasteiger partial charge in [0.1, 0.15) is 5.76 Å². The molecule has 0 radical (unpaired) electrons. The van der Waals surface area contributed by atoms with Gasteiger partial charge in [0.2, 0.25) is 6.29 Å². The summed E-state index contributed by atoms with van der Waals surface area (Å²) in [4.78, 5) is 10.9. The minimum atomic E-state index is -0.714. The van der Waals surface area contributed by atoms with Crippen LogP contribution < -0.4 is 0 Å². The van der Waals surface area contributed by atoms with Crippen LogP contribution in [0.2, 0.25) is 0 Å². The van der Waals surface area contributed by atoms with E-state index in [2.05, 4.69) is 6.58 Å². The summed E-state index contributed by atoms with van der Waals surface area (Å²) in [7, 11) is 0. The van der Waals surface area contributed by atoms with E-state index in [1.165, 1.54) is 6.92 Å². The highest BCUT2D eigenvalue weighted by atomic mass is 16.8. The topological polar surface area (TPSA) is 54.0 Å². The van der Waals surface area contributed by atoms with E-state index in [1.54, 1.807) is 13.8 Å². The van der Waals surface area contributed by atoms with Gasteiger partial charge in [-0.25, -0.2) is 0 Å². The van der Waals surface area contributed by atoms with E-state index < -0.39 is 30.3 Å². The Morgan fingerprint density at radius 1 is 1.47 bits per heavy atom. The second-order valence-corrected chi connectivity index (χ2v) is 4.08. The van der Waals surface area contributed by atoms with Gasteiger partial charge in [-0.1, -0.05) is 6.58 Å². The van der Waals surface area contributed by atoms with E-state index in [0.717, 1.165) is 0 Å². The molecule has 0 aromatic heterocycles. The summed E-state index contributed by atoms with van der Waals surface area (Å²) in [5.41, 5.74) is 0. The van der Waals surface area contributed by atoms with Crippen LogP contribution in [0.25, 0.3) is 0 Å². The van der Waals surface area contributed by atoms with Crippen molar-refractivity contribution >= 4 is 5.97 Å². The van der Waals surface area contributed by atoms with Gasteiger partial charge >= 0.3 is 5.97 Å². The van der Waals surface area contributed by atoms with E-state index in [9.17, 15) is 4.79 Å². The number of hydrogen-bond donors (Lipinski definition) is 0. The average molecular weight is 214 g/mol. The van der Waals surface area contributed by atoms with Crippen molar-refractivity contribution < 1.29 is 23.7 Å². The molecule has 0 unspecified atom stereocenters. The molecule has 2 aliphatic heterocycles. The maximum absolute atomic E-state index is 10.9. The molecule has 84 valence electrons. The van der Waals surface area contributed by atoms with Crippen molar-refractivity contribution in [3.63, 3.8) is 0 Å². The number of carbonyl (C=O) groups excluding carboxylic acids is 1. The van der Waals surface area contributed by atoms with Crippen LogP contribution in [0.3, 0.4) is 0 Å². The fourth-order valence-corrected chi connectivity index (χ4v) is 1.76. The predicted molar refractivity (Wildman–Crippen MR) is 49.6 cm³/mol. The lowest BCUT2D eigenvalue weighted by Gasteiger charge is -2.21. The van der Waals surface area contributed by atoms with Gasteiger partial charge in [-0.2, -0.15) is 0 Å². The fourth-order valence-electron chi connectivity index (χ4n) is 1.76. The van der Waals surface area contributed by atoms with Crippen molar-refractivity contribution in [2.24, 2.45) is 0 Å². The van der Waals surface area contributed by atoms with E-state index >= 15 is 0 Å². The molecule has 2 aliphatic rings. The summed E-state index contributed by atoms with van der Waals surface area (Å²) in [5.74, 6) is -0.733. The summed E-state index contributed by atoms with van der Waals surface area (Å²) in [6.07, 6.45) is -1.53. The quantitative estimate of drug-likeness (QED) is 0.608. The summed E-state index contributed by atoms with van der Waals surface area (Å²) in [5, 5.41) is 0. The first-order chi connectivity index (χ1) is 6.89. The molecule has 2 heterocycles. The monoisotopic (exact) mass is 214 g/mol. The van der Waals surface area contributed by atoms with Gasteiger partial charge in [0, 0.05) is 6.92 Å². The first kappa shape index (κ1) is 10.4. The first-order valence-electron chi connectivity index (χ1n) is 4.77. The number of fused-ring (bicyclic) bond motifs is 1. The summed E-state index contributed by atoms with van der Waals surface area (Å²) in [6.45, 7) is 8.55. The zero-order valence-electron chi connectivity index (χ0n) is 8.98. The van der Waals surface area contributed by atoms with Crippen LogP contribution in [0.15, 0.2) is 12.3 Å². The molecule has 0 bridgehead atoms. The van der Waals surface area contributed by atoms with Crippen LogP contribution in [0.5, 0.6) is 0 Å². The Balaban J connectivity index is 2.12. The van der Waals surface area contributed by atoms with Crippen molar-refractivity contribution in [2.45, 2.75) is 45.1 Å². The summed E-state index contributed by atoms with van der Waals surface area (Å²) >= 11 is 0. The highest BCUT2D eigenvalue weighted by Crippen LogP contribution is 2.39. The van der Waals surface area contributed by atoms with Crippen molar-refractivity contribution in [3.05, 3.63) is 12.3 Å². The molecule has 2 fully saturated rings. The third-order valence-electron chi connectivity index (χ3n) is 2.26. The fraction of sp³-hybridized carbons (Fsp3) is 0.700. The minimum Gasteiger partial charge on any atom is -0.463 e. The smallest absolute Gasteiger partial charge is 0.303 e. The molecule has 5 heteroatoms. The van der Waals surface area contributed by atoms with Gasteiger partial charge in [0.25, 0.3) is 0 Å². The van der Waals surface area contributed by atoms with Crippen molar-refractivity contribution in [3.8, 4) is 0 Å². The minimum absolute atomic E-state index is 0.371. The Labute approximate surface area is 87.9 Å². The van der Waals surface area contributed by atoms with Gasteiger partial charge in [-0.05, 0) is 13.8 Å². The van der Waals surface area contributed by atoms with Gasteiger partial charge in [-0.15, -0.1) is 0 Å². The lowest BCUT2D eigenvalue weighted by atomic mass is 10.2. The molecule has 0 aromatic carbocycles. The predicted octanol–water partition coefficient (Wildman–Crippen LogP) is 0.940. The zero-order chi connectivity index (χ0) is 11.2. The molecule has 0 N–H and O–H groups in total. The Hall–Kier alpha value is -1.07. The first-order valence-corrected chi connectivity index (χ1v) is 4.77. The standard InChI is InChI=1S/C10H14O5/c1-5-7(13-6(2)11)8-9(12-5)15-10(3,4)14-8/h7-9H,1H2,2-4H3/t7-,8+,9+/m0/s1. The highest BCUT2D eigenvalue weighted by molar-refractivity contribution is 5.66. The molecule has 0 aromatic rings. The SMILES string of the molecule is C=C1O[C@@H]2OC(C)(C)O[C@@H]2[C@H]1OC(C)=O. The number of carbonyl (C=O) groups is 1. The Kier molecular flexibility index (Phi) is 2.24. The molecule has 2 saturated heterocycles. The number of hydrogen-bond acceptors (Lipinski definition) is 5. The third kappa shape index (κ3) is 1.85. The largest absolute Gasteiger partial charge is 0.463 e. The van der Waals surface area contributed by atoms with Crippen molar-refractivity contribution in [2.75, 3.05) is 0 Å². The average Bonchev–Trinajstić information content (AvgIpc) is 2.47. The number of ether oxygens (including phenoxy) is 4. The maximum Gasteiger partial charge on any atom is 0.303 e. The van der Waals surface area contributed by atoms with E-state index in [4.69, 9.17) is 18.9 Å². The van der Waals surface area contributed by atoms with Crippen LogP contribution >= 0.6 is 0 Å². The Bertz CT molecular complexity index is 309. The molecule has 15 heavy (non-hydrogen) atoms. The van der Waals surface area contributed by atoms with E-state index in [0.29, 0.717) is 5.76 Å². The summed E-state index contributed by atoms with van der Waals surface area (Å²) < 4.78 is 21.4. The van der Waals surface area contributed by atoms with Crippen LogP contribution in [-0.2, 0) is 23.7 Å². The number of rotatable bonds is 1. The molecular weight excluding hydrogens is 200 g/mol. The zero-order valence-corrected chi connectivity index (χ0v) is 8.98. The molecular formula is C10H14O5. The Morgan fingerprint density at radius 3 is 2.73 bits per heavy atom. The van der Waals surface area contributed by atoms with Gasteiger partial charge < -0.3 is 18.9 Å². The Morgan fingerprint density at radius 2 is 2.13 bits per heavy atom. The second kappa shape index (κ2) is 3.21. The van der Waals surface area contributed by atoms with Crippen molar-refractivity contribution in [1.82, 2.24) is 0 Å². The van der Waals surface area contributed by atoms with Crippen LogP contribution in [0.4, 0.5) is 0 Å². The molecule has 0 amide bonds. The van der Waals surface area contributed by atoms with Crippen LogP contribution in [-0.4, -0.2) is 30.3 Å². The molecule has 0 spiro atoms. The molecule has 0 saturated carbocycles. The third-order valence-corrected chi connectivity index (χ3v) is 2.26. The van der Waals surface area contributed by atoms with E-state index in [1.807, 2.05) is 0 Å². The van der Waals surface area contributed by atoms with Gasteiger partial charge in [0.05, 0.1) is 0 Å². The van der Waals surface area contributed by atoms with E-state index in [-0.39, 0.29) is 0 Å². The maximum atomic E-state index is 10.9. The van der Waals surface area contributed by atoms with Gasteiger partial charge in [-0.3, -0.25) is 4.79 Å². The molecule has 5 nitrogen and oxygen atoms in total. The highest BCUT2D eigenvalue weighted by Gasteiger charge is 2.54. The lowest BCUT2D eigenvalue weighted by molar-refractivity contribution is -0.192. The second-order valence-electron chi connectivity index (χ2n) is 4.08. The van der Waals surface area contributed by atoms with Crippen LogP contribution in [0.1, 0.15) is 20.8 Å². The molecule has 2 rings (SSSR count).